The first-order chi connectivity index (χ1) is 9.15. The number of aromatic hydroxyl groups is 1. The van der Waals surface area contributed by atoms with Gasteiger partial charge < -0.3 is 5.11 Å². The lowest BCUT2D eigenvalue weighted by atomic mass is 10.1. The number of carbonyl (C=O) groups excluding carboxylic acids is 1. The summed E-state index contributed by atoms with van der Waals surface area (Å²) >= 11 is 4.80. The van der Waals surface area contributed by atoms with E-state index < -0.39 is 0 Å². The summed E-state index contributed by atoms with van der Waals surface area (Å²) in [5.41, 5.74) is 1.37. The third-order valence-corrected chi connectivity index (χ3v) is 4.44. The number of carbonyl (C=O) groups is 1. The Morgan fingerprint density at radius 2 is 1.95 bits per heavy atom. The molecular formula is C15H9BrO2S. The zero-order chi connectivity index (χ0) is 13.4. The van der Waals surface area contributed by atoms with Gasteiger partial charge in [0.2, 0.25) is 5.78 Å². The molecule has 1 aliphatic heterocycles. The van der Waals surface area contributed by atoms with Crippen molar-refractivity contribution in [3.8, 4) is 5.75 Å². The zero-order valence-corrected chi connectivity index (χ0v) is 12.2. The summed E-state index contributed by atoms with van der Waals surface area (Å²) in [6.45, 7) is 0. The predicted molar refractivity (Wildman–Crippen MR) is 80.4 cm³/mol. The molecule has 0 aromatic heterocycles. The minimum Gasteiger partial charge on any atom is -0.507 e. The molecule has 94 valence electrons. The summed E-state index contributed by atoms with van der Waals surface area (Å²) in [7, 11) is 0. The van der Waals surface area contributed by atoms with Crippen LogP contribution in [-0.4, -0.2) is 10.9 Å². The quantitative estimate of drug-likeness (QED) is 0.782. The number of allylic oxidation sites excluding steroid dienone is 1. The lowest BCUT2D eigenvalue weighted by Gasteiger charge is -2.01. The molecule has 0 aliphatic carbocycles. The van der Waals surface area contributed by atoms with Crippen molar-refractivity contribution >= 4 is 39.6 Å². The van der Waals surface area contributed by atoms with Crippen molar-refractivity contribution in [1.29, 1.82) is 0 Å². The molecular weight excluding hydrogens is 324 g/mol. The van der Waals surface area contributed by atoms with Gasteiger partial charge in [0.15, 0.2) is 0 Å². The van der Waals surface area contributed by atoms with Gasteiger partial charge in [-0.3, -0.25) is 4.79 Å². The second-order valence-electron chi connectivity index (χ2n) is 4.14. The number of rotatable bonds is 1. The molecule has 0 spiro atoms. The van der Waals surface area contributed by atoms with Crippen molar-refractivity contribution in [2.45, 2.75) is 4.90 Å². The highest BCUT2D eigenvalue weighted by molar-refractivity contribution is 9.10. The molecule has 0 saturated carbocycles. The van der Waals surface area contributed by atoms with Crippen molar-refractivity contribution in [2.75, 3.05) is 0 Å². The Hall–Kier alpha value is -1.52. The fourth-order valence-corrected chi connectivity index (χ4v) is 3.34. The van der Waals surface area contributed by atoms with E-state index in [9.17, 15) is 9.90 Å². The van der Waals surface area contributed by atoms with Crippen LogP contribution in [0, 0.1) is 0 Å². The number of thioether (sulfide) groups is 1. The highest BCUT2D eigenvalue weighted by atomic mass is 79.9. The van der Waals surface area contributed by atoms with E-state index in [4.69, 9.17) is 0 Å². The summed E-state index contributed by atoms with van der Waals surface area (Å²) < 4.78 is 0.866. The number of phenolic OH excluding ortho intramolecular Hbond substituents is 1. The predicted octanol–water partition coefficient (Wildman–Crippen LogP) is 4.48. The lowest BCUT2D eigenvalue weighted by molar-refractivity contribution is 0.104. The van der Waals surface area contributed by atoms with Crippen LogP contribution in [0.25, 0.3) is 6.08 Å². The molecule has 0 bridgehead atoms. The fraction of sp³-hybridized carbons (Fsp3) is 0. The fourth-order valence-electron chi connectivity index (χ4n) is 1.92. The maximum atomic E-state index is 12.2. The molecule has 0 radical (unpaired) electrons. The Labute approximate surface area is 123 Å². The zero-order valence-electron chi connectivity index (χ0n) is 9.76. The van der Waals surface area contributed by atoms with Gasteiger partial charge >= 0.3 is 0 Å². The number of fused-ring (bicyclic) bond motifs is 1. The van der Waals surface area contributed by atoms with E-state index in [1.807, 2.05) is 24.3 Å². The SMILES string of the molecule is O=C1/C(=C/c2cc(Br)ccc2O)Sc2ccccc21. The lowest BCUT2D eigenvalue weighted by Crippen LogP contribution is -1.93. The number of Topliss-reactive ketones (excluding diaryl/α,β-unsaturated/α-hetero) is 1. The summed E-state index contributed by atoms with van der Waals surface area (Å²) in [6.07, 6.45) is 1.73. The first-order valence-corrected chi connectivity index (χ1v) is 7.28. The molecule has 0 amide bonds. The van der Waals surface area contributed by atoms with Crippen LogP contribution in [0.15, 0.2) is 56.7 Å². The second-order valence-corrected chi connectivity index (χ2v) is 6.14. The highest BCUT2D eigenvalue weighted by Gasteiger charge is 2.25. The van der Waals surface area contributed by atoms with Crippen LogP contribution in [0.5, 0.6) is 5.75 Å². The van der Waals surface area contributed by atoms with Crippen LogP contribution in [0.2, 0.25) is 0 Å². The van der Waals surface area contributed by atoms with Gasteiger partial charge in [0.25, 0.3) is 0 Å². The molecule has 2 aromatic rings. The normalized spacial score (nSPS) is 15.8. The van der Waals surface area contributed by atoms with Crippen molar-refractivity contribution < 1.29 is 9.90 Å². The van der Waals surface area contributed by atoms with Crippen molar-refractivity contribution in [1.82, 2.24) is 0 Å². The third kappa shape index (κ3) is 2.33. The average molecular weight is 333 g/mol. The molecule has 1 N–H and O–H groups in total. The maximum Gasteiger partial charge on any atom is 0.200 e. The van der Waals surface area contributed by atoms with Crippen LogP contribution in [0.3, 0.4) is 0 Å². The Morgan fingerprint density at radius 1 is 1.16 bits per heavy atom. The van der Waals surface area contributed by atoms with E-state index in [1.54, 1.807) is 24.3 Å². The van der Waals surface area contributed by atoms with E-state index in [0.29, 0.717) is 10.5 Å². The van der Waals surface area contributed by atoms with Gasteiger partial charge in [-0.2, -0.15) is 0 Å². The number of ketones is 1. The number of hydrogen-bond donors (Lipinski definition) is 1. The largest absolute Gasteiger partial charge is 0.507 e. The van der Waals surface area contributed by atoms with Gasteiger partial charge in [0.05, 0.1) is 4.91 Å². The molecule has 3 rings (SSSR count). The van der Waals surface area contributed by atoms with Gasteiger partial charge in [-0.15, -0.1) is 0 Å². The standard InChI is InChI=1S/C15H9BrO2S/c16-10-5-6-12(17)9(7-10)8-14-15(18)11-3-1-2-4-13(11)19-14/h1-8,17H/b14-8-. The van der Waals surface area contributed by atoms with E-state index in [2.05, 4.69) is 15.9 Å². The van der Waals surface area contributed by atoms with Gasteiger partial charge in [0.1, 0.15) is 5.75 Å². The molecule has 1 aliphatic rings. The van der Waals surface area contributed by atoms with Crippen molar-refractivity contribution in [3.63, 3.8) is 0 Å². The number of halogens is 1. The van der Waals surface area contributed by atoms with Crippen molar-refractivity contribution in [3.05, 3.63) is 63.0 Å². The Bertz CT molecular complexity index is 707. The van der Waals surface area contributed by atoms with Crippen LogP contribution in [-0.2, 0) is 0 Å². The van der Waals surface area contributed by atoms with Gasteiger partial charge in [-0.25, -0.2) is 0 Å². The smallest absolute Gasteiger partial charge is 0.200 e. The summed E-state index contributed by atoms with van der Waals surface area (Å²) in [4.78, 5) is 13.8. The van der Waals surface area contributed by atoms with Crippen LogP contribution in [0.1, 0.15) is 15.9 Å². The Morgan fingerprint density at radius 3 is 2.74 bits per heavy atom. The molecule has 0 saturated heterocycles. The minimum absolute atomic E-state index is 0.0139. The Balaban J connectivity index is 2.03. The topological polar surface area (TPSA) is 37.3 Å². The first-order valence-electron chi connectivity index (χ1n) is 5.67. The molecule has 0 unspecified atom stereocenters. The van der Waals surface area contributed by atoms with Crippen LogP contribution < -0.4 is 0 Å². The van der Waals surface area contributed by atoms with Gasteiger partial charge in [-0.1, -0.05) is 39.8 Å². The summed E-state index contributed by atoms with van der Waals surface area (Å²) in [6, 6.07) is 12.7. The van der Waals surface area contributed by atoms with Crippen LogP contribution in [0.4, 0.5) is 0 Å². The van der Waals surface area contributed by atoms with E-state index in [1.165, 1.54) is 11.8 Å². The molecule has 2 nitrogen and oxygen atoms in total. The molecule has 0 fully saturated rings. The maximum absolute atomic E-state index is 12.2. The number of phenols is 1. The number of hydrogen-bond acceptors (Lipinski definition) is 3. The molecule has 1 heterocycles. The first kappa shape index (κ1) is 12.5. The van der Waals surface area contributed by atoms with Crippen LogP contribution >= 0.6 is 27.7 Å². The summed E-state index contributed by atoms with van der Waals surface area (Å²) in [5, 5.41) is 9.81. The van der Waals surface area contributed by atoms with E-state index in [-0.39, 0.29) is 11.5 Å². The molecule has 2 aromatic carbocycles. The minimum atomic E-state index is 0.0139. The van der Waals surface area contributed by atoms with E-state index in [0.717, 1.165) is 14.9 Å². The third-order valence-electron chi connectivity index (χ3n) is 2.85. The van der Waals surface area contributed by atoms with Gasteiger partial charge in [-0.05, 0) is 36.4 Å². The summed E-state index contributed by atoms with van der Waals surface area (Å²) in [5.74, 6) is 0.181. The molecule has 19 heavy (non-hydrogen) atoms. The number of benzene rings is 2. The monoisotopic (exact) mass is 332 g/mol. The Kier molecular flexibility index (Phi) is 3.21. The van der Waals surface area contributed by atoms with Gasteiger partial charge in [0, 0.05) is 20.5 Å². The van der Waals surface area contributed by atoms with E-state index >= 15 is 0 Å². The molecule has 0 atom stereocenters. The van der Waals surface area contributed by atoms with Crippen molar-refractivity contribution in [2.24, 2.45) is 0 Å². The average Bonchev–Trinajstić information content (AvgIpc) is 2.72. The highest BCUT2D eigenvalue weighted by Crippen LogP contribution is 2.41. The molecule has 4 heteroatoms. The second kappa shape index (κ2) is 4.87.